The molecule has 2 nitrogen and oxygen atoms in total. The van der Waals surface area contributed by atoms with Gasteiger partial charge in [-0.05, 0) is 31.7 Å². The van der Waals surface area contributed by atoms with Gasteiger partial charge in [0.15, 0.2) is 0 Å². The van der Waals surface area contributed by atoms with Gasteiger partial charge in [-0.15, -0.1) is 0 Å². The molecule has 1 heterocycles. The molecular weight excluding hydrogens is 162 g/mol. The van der Waals surface area contributed by atoms with Gasteiger partial charge in [0.2, 0.25) is 0 Å². The van der Waals surface area contributed by atoms with Crippen molar-refractivity contribution in [3.63, 3.8) is 0 Å². The van der Waals surface area contributed by atoms with Crippen LogP contribution < -0.4 is 0 Å². The van der Waals surface area contributed by atoms with E-state index in [9.17, 15) is 5.11 Å². The largest absolute Gasteiger partial charge is 0.395 e. The van der Waals surface area contributed by atoms with Crippen molar-refractivity contribution >= 4 is 0 Å². The van der Waals surface area contributed by atoms with Gasteiger partial charge in [0.25, 0.3) is 0 Å². The Morgan fingerprint density at radius 2 is 2.00 bits per heavy atom. The number of aliphatic hydroxyl groups excluding tert-OH is 1. The summed E-state index contributed by atoms with van der Waals surface area (Å²) in [6.07, 6.45) is 1.24. The van der Waals surface area contributed by atoms with E-state index < -0.39 is 0 Å². The standard InChI is InChI=1S/C11H23NO/c1-8(2)10(4)12-6-5-9(3)11(12)7-13/h8-11,13H,5-7H2,1-4H3. The highest BCUT2D eigenvalue weighted by atomic mass is 16.3. The summed E-state index contributed by atoms with van der Waals surface area (Å²) in [6.45, 7) is 10.5. The highest BCUT2D eigenvalue weighted by Gasteiger charge is 2.34. The van der Waals surface area contributed by atoms with Crippen molar-refractivity contribution in [2.75, 3.05) is 13.2 Å². The smallest absolute Gasteiger partial charge is 0.0589 e. The predicted octanol–water partition coefficient (Wildman–Crippen LogP) is 1.73. The Morgan fingerprint density at radius 3 is 2.46 bits per heavy atom. The lowest BCUT2D eigenvalue weighted by Gasteiger charge is -2.33. The Morgan fingerprint density at radius 1 is 1.38 bits per heavy atom. The van der Waals surface area contributed by atoms with E-state index in [-0.39, 0.29) is 0 Å². The Bertz CT molecular complexity index is 158. The van der Waals surface area contributed by atoms with Crippen LogP contribution in [-0.2, 0) is 0 Å². The van der Waals surface area contributed by atoms with Crippen molar-refractivity contribution in [3.8, 4) is 0 Å². The average Bonchev–Trinajstić information content (AvgIpc) is 2.45. The molecule has 1 rings (SSSR count). The summed E-state index contributed by atoms with van der Waals surface area (Å²) in [5.74, 6) is 1.34. The lowest BCUT2D eigenvalue weighted by molar-refractivity contribution is 0.0899. The first-order valence-electron chi connectivity index (χ1n) is 5.44. The van der Waals surface area contributed by atoms with Crippen LogP contribution in [0.5, 0.6) is 0 Å². The zero-order valence-electron chi connectivity index (χ0n) is 9.33. The van der Waals surface area contributed by atoms with E-state index in [1.54, 1.807) is 0 Å². The quantitative estimate of drug-likeness (QED) is 0.724. The molecule has 0 amide bonds. The fourth-order valence-corrected chi connectivity index (χ4v) is 2.21. The highest BCUT2D eigenvalue weighted by Crippen LogP contribution is 2.27. The van der Waals surface area contributed by atoms with Crippen molar-refractivity contribution < 1.29 is 5.11 Å². The van der Waals surface area contributed by atoms with E-state index in [0.717, 1.165) is 6.54 Å². The first-order valence-corrected chi connectivity index (χ1v) is 5.44. The molecule has 0 bridgehead atoms. The van der Waals surface area contributed by atoms with E-state index >= 15 is 0 Å². The minimum Gasteiger partial charge on any atom is -0.395 e. The molecule has 3 atom stereocenters. The number of hydrogen-bond acceptors (Lipinski definition) is 2. The molecule has 1 aliphatic heterocycles. The van der Waals surface area contributed by atoms with E-state index in [1.165, 1.54) is 6.42 Å². The van der Waals surface area contributed by atoms with Gasteiger partial charge in [-0.1, -0.05) is 20.8 Å². The molecule has 3 unspecified atom stereocenters. The maximum Gasteiger partial charge on any atom is 0.0589 e. The van der Waals surface area contributed by atoms with Gasteiger partial charge in [-0.2, -0.15) is 0 Å². The summed E-state index contributed by atoms with van der Waals surface area (Å²) < 4.78 is 0. The van der Waals surface area contributed by atoms with Gasteiger partial charge in [0.05, 0.1) is 6.61 Å². The topological polar surface area (TPSA) is 23.5 Å². The predicted molar refractivity (Wildman–Crippen MR) is 55.7 cm³/mol. The maximum absolute atomic E-state index is 9.30. The summed E-state index contributed by atoms with van der Waals surface area (Å²) in [5.41, 5.74) is 0. The molecule has 13 heavy (non-hydrogen) atoms. The molecular formula is C11H23NO. The van der Waals surface area contributed by atoms with Crippen LogP contribution in [0.15, 0.2) is 0 Å². The van der Waals surface area contributed by atoms with Gasteiger partial charge in [0.1, 0.15) is 0 Å². The molecule has 1 saturated heterocycles. The zero-order chi connectivity index (χ0) is 10.0. The molecule has 1 fully saturated rings. The minimum absolute atomic E-state index is 0.318. The fourth-order valence-electron chi connectivity index (χ4n) is 2.21. The van der Waals surface area contributed by atoms with Crippen molar-refractivity contribution in [1.29, 1.82) is 0 Å². The van der Waals surface area contributed by atoms with E-state index in [4.69, 9.17) is 0 Å². The van der Waals surface area contributed by atoms with Crippen LogP contribution in [-0.4, -0.2) is 35.2 Å². The molecule has 0 aromatic rings. The molecule has 0 radical (unpaired) electrons. The highest BCUT2D eigenvalue weighted by molar-refractivity contribution is 4.87. The van der Waals surface area contributed by atoms with E-state index in [1.807, 2.05) is 0 Å². The Hall–Kier alpha value is -0.0800. The van der Waals surface area contributed by atoms with E-state index in [0.29, 0.717) is 30.5 Å². The number of aliphatic hydroxyl groups is 1. The second-order valence-corrected chi connectivity index (χ2v) is 4.74. The summed E-state index contributed by atoms with van der Waals surface area (Å²) in [7, 11) is 0. The Labute approximate surface area is 81.9 Å². The third kappa shape index (κ3) is 2.23. The van der Waals surface area contributed by atoms with Gasteiger partial charge in [0, 0.05) is 12.1 Å². The molecule has 0 spiro atoms. The maximum atomic E-state index is 9.30. The van der Waals surface area contributed by atoms with E-state index in [2.05, 4.69) is 32.6 Å². The molecule has 2 heteroatoms. The lowest BCUT2D eigenvalue weighted by atomic mass is 10.0. The second-order valence-electron chi connectivity index (χ2n) is 4.74. The SMILES string of the molecule is CC(C)C(C)N1CCC(C)C1CO. The monoisotopic (exact) mass is 185 g/mol. The van der Waals surface area contributed by atoms with Crippen molar-refractivity contribution in [3.05, 3.63) is 0 Å². The average molecular weight is 185 g/mol. The lowest BCUT2D eigenvalue weighted by Crippen LogP contribution is -2.43. The number of likely N-dealkylation sites (tertiary alicyclic amines) is 1. The number of nitrogens with zero attached hydrogens (tertiary/aromatic N) is 1. The Balaban J connectivity index is 2.59. The third-order valence-electron chi connectivity index (χ3n) is 3.60. The van der Waals surface area contributed by atoms with Gasteiger partial charge < -0.3 is 5.11 Å². The molecule has 78 valence electrons. The molecule has 0 aromatic carbocycles. The number of rotatable bonds is 3. The van der Waals surface area contributed by atoms with Crippen LogP contribution in [0.4, 0.5) is 0 Å². The normalized spacial score (nSPS) is 32.8. The van der Waals surface area contributed by atoms with Crippen molar-refractivity contribution in [2.24, 2.45) is 11.8 Å². The fraction of sp³-hybridized carbons (Fsp3) is 1.00. The van der Waals surface area contributed by atoms with Crippen LogP contribution in [0.1, 0.15) is 34.1 Å². The van der Waals surface area contributed by atoms with Crippen LogP contribution in [0.25, 0.3) is 0 Å². The van der Waals surface area contributed by atoms with Gasteiger partial charge in [-0.3, -0.25) is 4.90 Å². The third-order valence-corrected chi connectivity index (χ3v) is 3.60. The zero-order valence-corrected chi connectivity index (χ0v) is 9.33. The molecule has 0 aromatic heterocycles. The molecule has 1 N–H and O–H groups in total. The van der Waals surface area contributed by atoms with Crippen molar-refractivity contribution in [2.45, 2.75) is 46.2 Å². The second kappa shape index (κ2) is 4.43. The first-order chi connectivity index (χ1) is 6.07. The van der Waals surface area contributed by atoms with Crippen LogP contribution in [0.3, 0.4) is 0 Å². The Kier molecular flexibility index (Phi) is 3.74. The summed E-state index contributed by atoms with van der Waals surface area (Å²) >= 11 is 0. The molecule has 0 saturated carbocycles. The number of hydrogen-bond donors (Lipinski definition) is 1. The summed E-state index contributed by atoms with van der Waals surface area (Å²) in [4.78, 5) is 2.47. The van der Waals surface area contributed by atoms with Gasteiger partial charge >= 0.3 is 0 Å². The van der Waals surface area contributed by atoms with Crippen molar-refractivity contribution in [1.82, 2.24) is 4.90 Å². The minimum atomic E-state index is 0.318. The summed E-state index contributed by atoms with van der Waals surface area (Å²) in [6, 6.07) is 1.000. The molecule has 1 aliphatic rings. The van der Waals surface area contributed by atoms with Gasteiger partial charge in [-0.25, -0.2) is 0 Å². The van der Waals surface area contributed by atoms with Crippen LogP contribution in [0, 0.1) is 11.8 Å². The summed E-state index contributed by atoms with van der Waals surface area (Å²) in [5, 5.41) is 9.30. The van der Waals surface area contributed by atoms with Crippen LogP contribution in [0.2, 0.25) is 0 Å². The first kappa shape index (κ1) is 11.0. The molecule has 0 aliphatic carbocycles. The van der Waals surface area contributed by atoms with Crippen LogP contribution >= 0.6 is 0 Å².